The first-order chi connectivity index (χ1) is 9.15. The van der Waals surface area contributed by atoms with Gasteiger partial charge in [-0.15, -0.1) is 12.4 Å². The second-order valence-corrected chi connectivity index (χ2v) is 5.27. The molecule has 1 aliphatic rings. The number of amides is 1. The largest absolute Gasteiger partial charge is 0.378 e. The normalized spacial score (nSPS) is 18.2. The van der Waals surface area contributed by atoms with Crippen LogP contribution in [0.3, 0.4) is 0 Å². The Morgan fingerprint density at radius 3 is 2.65 bits per heavy atom. The topological polar surface area (TPSA) is 50.4 Å². The van der Waals surface area contributed by atoms with Crippen molar-refractivity contribution in [2.24, 2.45) is 0 Å². The van der Waals surface area contributed by atoms with Crippen molar-refractivity contribution in [1.82, 2.24) is 10.6 Å². The van der Waals surface area contributed by atoms with Gasteiger partial charge >= 0.3 is 0 Å². The Morgan fingerprint density at radius 2 is 2.05 bits per heavy atom. The van der Waals surface area contributed by atoms with Gasteiger partial charge in [0.2, 0.25) is 5.91 Å². The molecule has 0 radical (unpaired) electrons. The first-order valence-corrected chi connectivity index (χ1v) is 6.94. The van der Waals surface area contributed by atoms with Crippen LogP contribution < -0.4 is 10.6 Å². The molecular weight excluding hydrogens is 323 g/mol. The summed E-state index contributed by atoms with van der Waals surface area (Å²) in [5, 5.41) is 7.19. The van der Waals surface area contributed by atoms with Gasteiger partial charge in [0.15, 0.2) is 0 Å². The lowest BCUT2D eigenvalue weighted by atomic mass is 10.1. The highest BCUT2D eigenvalue weighted by molar-refractivity contribution is 6.34. The summed E-state index contributed by atoms with van der Waals surface area (Å²) in [6.07, 6.45) is 0.694. The first kappa shape index (κ1) is 17.5. The molecule has 1 heterocycles. The third-order valence-corrected chi connectivity index (χ3v) is 3.31. The van der Waals surface area contributed by atoms with Gasteiger partial charge in [-0.1, -0.05) is 23.2 Å². The summed E-state index contributed by atoms with van der Waals surface area (Å²) in [5.41, 5.74) is 1.01. The Morgan fingerprint density at radius 1 is 1.35 bits per heavy atom. The first-order valence-electron chi connectivity index (χ1n) is 6.19. The zero-order valence-electron chi connectivity index (χ0n) is 10.8. The highest BCUT2D eigenvalue weighted by atomic mass is 35.5. The summed E-state index contributed by atoms with van der Waals surface area (Å²) in [7, 11) is 0. The zero-order valence-corrected chi connectivity index (χ0v) is 13.2. The highest BCUT2D eigenvalue weighted by Crippen LogP contribution is 2.19. The average molecular weight is 340 g/mol. The van der Waals surface area contributed by atoms with Gasteiger partial charge in [0, 0.05) is 23.1 Å². The number of benzene rings is 1. The molecule has 2 rings (SSSR count). The van der Waals surface area contributed by atoms with E-state index in [-0.39, 0.29) is 24.4 Å². The number of hydrogen-bond acceptors (Lipinski definition) is 3. The SMILES string of the molecule is Cl.O=C(NCCc1cc(Cl)cc(Cl)c1)C1COCCN1. The van der Waals surface area contributed by atoms with Crippen molar-refractivity contribution < 1.29 is 9.53 Å². The van der Waals surface area contributed by atoms with Gasteiger partial charge in [-0.05, 0) is 30.2 Å². The van der Waals surface area contributed by atoms with E-state index in [1.807, 2.05) is 12.1 Å². The fourth-order valence-electron chi connectivity index (χ4n) is 1.94. The van der Waals surface area contributed by atoms with Crippen LogP contribution in [0.5, 0.6) is 0 Å². The van der Waals surface area contributed by atoms with E-state index in [9.17, 15) is 4.79 Å². The number of halogens is 3. The number of carbonyl (C=O) groups excluding carboxylic acids is 1. The van der Waals surface area contributed by atoms with Crippen molar-refractivity contribution in [2.75, 3.05) is 26.3 Å². The van der Waals surface area contributed by atoms with Gasteiger partial charge in [0.25, 0.3) is 0 Å². The highest BCUT2D eigenvalue weighted by Gasteiger charge is 2.20. The van der Waals surface area contributed by atoms with Crippen molar-refractivity contribution in [3.8, 4) is 0 Å². The van der Waals surface area contributed by atoms with Crippen molar-refractivity contribution in [3.05, 3.63) is 33.8 Å². The average Bonchev–Trinajstić information content (AvgIpc) is 2.38. The molecule has 2 N–H and O–H groups in total. The molecule has 4 nitrogen and oxygen atoms in total. The monoisotopic (exact) mass is 338 g/mol. The summed E-state index contributed by atoms with van der Waals surface area (Å²) in [5.74, 6) is -0.0344. The second-order valence-electron chi connectivity index (χ2n) is 4.40. The zero-order chi connectivity index (χ0) is 13.7. The lowest BCUT2D eigenvalue weighted by Gasteiger charge is -2.22. The van der Waals surface area contributed by atoms with Gasteiger partial charge in [-0.3, -0.25) is 4.79 Å². The van der Waals surface area contributed by atoms with Crippen LogP contribution in [0.2, 0.25) is 10.0 Å². The predicted molar refractivity (Wildman–Crippen MR) is 83.0 cm³/mol. The molecule has 1 amide bonds. The van der Waals surface area contributed by atoms with Gasteiger partial charge in [-0.25, -0.2) is 0 Å². The molecule has 1 unspecified atom stereocenters. The Kier molecular flexibility index (Phi) is 7.62. The third kappa shape index (κ3) is 5.46. The maximum atomic E-state index is 11.8. The molecule has 1 fully saturated rings. The maximum absolute atomic E-state index is 11.8. The molecule has 0 aromatic heterocycles. The van der Waals surface area contributed by atoms with Gasteiger partial charge in [-0.2, -0.15) is 0 Å². The molecular formula is C13H17Cl3N2O2. The summed E-state index contributed by atoms with van der Waals surface area (Å²) < 4.78 is 5.24. The van der Waals surface area contributed by atoms with E-state index < -0.39 is 0 Å². The van der Waals surface area contributed by atoms with Crippen LogP contribution in [0, 0.1) is 0 Å². The lowest BCUT2D eigenvalue weighted by Crippen LogP contribution is -2.51. The summed E-state index contributed by atoms with van der Waals surface area (Å²) >= 11 is 11.8. The molecule has 1 saturated heterocycles. The van der Waals surface area contributed by atoms with Crippen molar-refractivity contribution >= 4 is 41.5 Å². The number of carbonyl (C=O) groups is 1. The van der Waals surface area contributed by atoms with E-state index in [0.29, 0.717) is 42.8 Å². The number of rotatable bonds is 4. The summed E-state index contributed by atoms with van der Waals surface area (Å²) in [6, 6.07) is 5.13. The van der Waals surface area contributed by atoms with Crippen LogP contribution in [-0.2, 0) is 16.0 Å². The number of nitrogens with one attached hydrogen (secondary N) is 2. The van der Waals surface area contributed by atoms with Gasteiger partial charge < -0.3 is 15.4 Å². The summed E-state index contributed by atoms with van der Waals surface area (Å²) in [6.45, 7) is 2.34. The van der Waals surface area contributed by atoms with Crippen LogP contribution in [0.15, 0.2) is 18.2 Å². The molecule has 0 aliphatic carbocycles. The molecule has 7 heteroatoms. The number of ether oxygens (including phenoxy) is 1. The van der Waals surface area contributed by atoms with Crippen LogP contribution >= 0.6 is 35.6 Å². The molecule has 0 saturated carbocycles. The number of morpholine rings is 1. The van der Waals surface area contributed by atoms with E-state index in [2.05, 4.69) is 10.6 Å². The van der Waals surface area contributed by atoms with E-state index in [1.165, 1.54) is 0 Å². The smallest absolute Gasteiger partial charge is 0.239 e. The van der Waals surface area contributed by atoms with Crippen LogP contribution in [0.4, 0.5) is 0 Å². The quantitative estimate of drug-likeness (QED) is 0.883. The Hall–Kier alpha value is -0.520. The minimum absolute atomic E-state index is 0. The van der Waals surface area contributed by atoms with Crippen LogP contribution in [0.25, 0.3) is 0 Å². The van der Waals surface area contributed by atoms with Crippen LogP contribution in [0.1, 0.15) is 5.56 Å². The molecule has 1 aliphatic heterocycles. The maximum Gasteiger partial charge on any atom is 0.239 e. The molecule has 20 heavy (non-hydrogen) atoms. The van der Waals surface area contributed by atoms with Gasteiger partial charge in [0.1, 0.15) is 6.04 Å². The van der Waals surface area contributed by atoms with E-state index in [1.54, 1.807) is 6.07 Å². The molecule has 1 aromatic rings. The Balaban J connectivity index is 0.00000200. The molecule has 1 atom stereocenters. The Bertz CT molecular complexity index is 431. The fraction of sp³-hybridized carbons (Fsp3) is 0.462. The predicted octanol–water partition coefficient (Wildman–Crippen LogP) is 2.06. The van der Waals surface area contributed by atoms with E-state index >= 15 is 0 Å². The van der Waals surface area contributed by atoms with E-state index in [4.69, 9.17) is 27.9 Å². The molecule has 0 spiro atoms. The van der Waals surface area contributed by atoms with Crippen molar-refractivity contribution in [3.63, 3.8) is 0 Å². The van der Waals surface area contributed by atoms with Gasteiger partial charge in [0.05, 0.1) is 13.2 Å². The minimum atomic E-state index is -0.253. The van der Waals surface area contributed by atoms with E-state index in [0.717, 1.165) is 5.56 Å². The second kappa shape index (κ2) is 8.70. The fourth-order valence-corrected chi connectivity index (χ4v) is 2.51. The third-order valence-electron chi connectivity index (χ3n) is 2.87. The van der Waals surface area contributed by atoms with Crippen LogP contribution in [-0.4, -0.2) is 38.3 Å². The Labute approximate surface area is 134 Å². The summed E-state index contributed by atoms with van der Waals surface area (Å²) in [4.78, 5) is 11.8. The minimum Gasteiger partial charge on any atom is -0.378 e. The molecule has 112 valence electrons. The van der Waals surface area contributed by atoms with Crippen molar-refractivity contribution in [1.29, 1.82) is 0 Å². The standard InChI is InChI=1S/C13H16Cl2N2O2.ClH/c14-10-5-9(6-11(15)7-10)1-2-17-13(18)12-8-19-4-3-16-12;/h5-7,12,16H,1-4,8H2,(H,17,18);1H. The van der Waals surface area contributed by atoms with Crippen molar-refractivity contribution in [2.45, 2.75) is 12.5 Å². The lowest BCUT2D eigenvalue weighted by molar-refractivity contribution is -0.125. The number of hydrogen-bond donors (Lipinski definition) is 2. The molecule has 0 bridgehead atoms. The molecule has 1 aromatic carbocycles.